The Labute approximate surface area is 412 Å². The molecule has 3 aromatic rings. The van der Waals surface area contributed by atoms with Crippen molar-refractivity contribution in [3.05, 3.63) is 69.3 Å². The Bertz CT molecular complexity index is 2900. The molecule has 8 unspecified atom stereocenters. The lowest BCUT2D eigenvalue weighted by atomic mass is 9.74. The molecule has 0 saturated carbocycles. The van der Waals surface area contributed by atoms with E-state index in [2.05, 4.69) is 9.97 Å². The van der Waals surface area contributed by atoms with Gasteiger partial charge in [0.1, 0.15) is 0 Å². The molecular formula is C52H54N4O16. The van der Waals surface area contributed by atoms with Gasteiger partial charge in [-0.2, -0.15) is 0 Å². The molecule has 2 N–H and O–H groups in total. The lowest BCUT2D eigenvalue weighted by molar-refractivity contribution is -0.157. The number of allylic oxidation sites excluding steroid dienone is 4. The molecule has 378 valence electrons. The highest BCUT2D eigenvalue weighted by atomic mass is 16.6. The number of nitrogens with zero attached hydrogens (tertiary/aromatic N) is 2. The lowest BCUT2D eigenvalue weighted by Gasteiger charge is -2.29. The summed E-state index contributed by atoms with van der Waals surface area (Å²) in [7, 11) is 10.0. The van der Waals surface area contributed by atoms with Gasteiger partial charge in [-0.15, -0.1) is 0 Å². The number of hydrogen-bond donors (Lipinski definition) is 2. The molecule has 0 radical (unpaired) electrons. The third-order valence-corrected chi connectivity index (χ3v) is 15.5. The van der Waals surface area contributed by atoms with Gasteiger partial charge in [-0.1, -0.05) is 0 Å². The molecule has 8 atom stereocenters. The predicted molar refractivity (Wildman–Crippen MR) is 252 cm³/mol. The molecule has 0 aromatic carbocycles. The van der Waals surface area contributed by atoms with Gasteiger partial charge in [-0.25, -0.2) is 9.97 Å². The van der Waals surface area contributed by atoms with Gasteiger partial charge in [0.05, 0.1) is 127 Å². The van der Waals surface area contributed by atoms with Crippen LogP contribution in [-0.4, -0.2) is 125 Å². The third kappa shape index (κ3) is 8.28. The summed E-state index contributed by atoms with van der Waals surface area (Å²) in [6.45, 7) is 0. The van der Waals surface area contributed by atoms with Crippen molar-refractivity contribution in [2.24, 2.45) is 47.3 Å². The van der Waals surface area contributed by atoms with Crippen LogP contribution in [0.3, 0.4) is 0 Å². The van der Waals surface area contributed by atoms with E-state index >= 15 is 0 Å². The lowest BCUT2D eigenvalue weighted by Crippen LogP contribution is -2.37. The maximum atomic E-state index is 13.5. The van der Waals surface area contributed by atoms with E-state index in [1.165, 1.54) is 56.9 Å². The zero-order chi connectivity index (χ0) is 51.4. The van der Waals surface area contributed by atoms with Gasteiger partial charge in [-0.05, 0) is 120 Å². The number of carbonyl (C=O) groups is 8. The second-order valence-corrected chi connectivity index (χ2v) is 18.7. The van der Waals surface area contributed by atoms with Crippen molar-refractivity contribution in [2.45, 2.75) is 51.4 Å². The zero-order valence-corrected chi connectivity index (χ0v) is 41.0. The minimum Gasteiger partial charge on any atom is -0.469 e. The van der Waals surface area contributed by atoms with Crippen LogP contribution in [0.15, 0.2) is 24.3 Å². The van der Waals surface area contributed by atoms with E-state index in [1.807, 2.05) is 18.2 Å². The van der Waals surface area contributed by atoms with Crippen molar-refractivity contribution in [3.8, 4) is 0 Å². The first kappa shape index (κ1) is 49.3. The Morgan fingerprint density at radius 2 is 0.514 bits per heavy atom. The van der Waals surface area contributed by atoms with E-state index < -0.39 is 95.1 Å². The summed E-state index contributed by atoms with van der Waals surface area (Å²) < 4.78 is 41.8. The van der Waals surface area contributed by atoms with Gasteiger partial charge in [0.15, 0.2) is 0 Å². The van der Waals surface area contributed by atoms with E-state index in [4.69, 9.17) is 47.9 Å². The largest absolute Gasteiger partial charge is 0.469 e. The third-order valence-electron chi connectivity index (χ3n) is 15.5. The van der Waals surface area contributed by atoms with Gasteiger partial charge >= 0.3 is 47.8 Å². The van der Waals surface area contributed by atoms with Crippen LogP contribution in [-0.2, 0) is 102 Å². The van der Waals surface area contributed by atoms with Gasteiger partial charge in [-0.3, -0.25) is 38.4 Å². The number of esters is 8. The molecular weight excluding hydrogens is 937 g/mol. The quantitative estimate of drug-likeness (QED) is 0.236. The Morgan fingerprint density at radius 1 is 0.319 bits per heavy atom. The number of rotatable bonds is 8. The van der Waals surface area contributed by atoms with E-state index in [0.29, 0.717) is 89.4 Å². The van der Waals surface area contributed by atoms with Crippen molar-refractivity contribution >= 4 is 92.1 Å². The number of aromatic amines is 2. The molecule has 9 rings (SSSR count). The van der Waals surface area contributed by atoms with E-state index in [0.717, 1.165) is 0 Å². The number of carbonyl (C=O) groups excluding carboxylic acids is 8. The van der Waals surface area contributed by atoms with Gasteiger partial charge in [0.2, 0.25) is 0 Å². The summed E-state index contributed by atoms with van der Waals surface area (Å²) in [5, 5.41) is 0. The second-order valence-electron chi connectivity index (χ2n) is 18.7. The van der Waals surface area contributed by atoms with Gasteiger partial charge < -0.3 is 47.9 Å². The summed E-state index contributed by atoms with van der Waals surface area (Å²) >= 11 is 0. The Kier molecular flexibility index (Phi) is 13.4. The summed E-state index contributed by atoms with van der Waals surface area (Å²) in [6, 6.07) is 7.23. The molecule has 4 aliphatic carbocycles. The number of aromatic nitrogens is 4. The zero-order valence-electron chi connectivity index (χ0n) is 41.0. The molecule has 6 aliphatic rings. The van der Waals surface area contributed by atoms with Gasteiger partial charge in [0, 0.05) is 22.1 Å². The maximum Gasteiger partial charge on any atom is 0.309 e. The number of nitrogens with one attached hydrogen (secondary N) is 2. The molecule has 8 bridgehead atoms. The van der Waals surface area contributed by atoms with Crippen LogP contribution in [0.1, 0.15) is 70.7 Å². The standard InChI is InChI=1S/C52H54N4O16/c1-65-45(57)29-9-21-22(10-30(29)46(58)66-2)38-18-40-25-13-33(49(61)69-5)34(50(62)70-6)14-26(25)42(55-40)20-44-28-16-36(52(64)72-8)35(51(63)71-7)15-27(28)43(56-44)19-41-24-12-32(48(60)68-4)31(47(59)67-3)11-23(24)39(54-41)17-37(21)53-38/h17-20,29-36,53-54H,9-16H2,1-8H3. The summed E-state index contributed by atoms with van der Waals surface area (Å²) in [5.41, 5.74) is 9.17. The SMILES string of the molecule is COC(=O)C1CC2=C(CC1C(=O)OC)c1cc3[nH]c(cc4[nH]c(cc5nc(cc2n1)C1=C5CC(C(=O)OC)C(C(=O)OC)C1)c1c4CC(C(=O)OC)C(C(=O)OC)C1)c1c3CC(C(=O)OC)C(C(=O)OC)C1. The van der Waals surface area contributed by atoms with Crippen molar-refractivity contribution < 1.29 is 76.3 Å². The Balaban J connectivity index is 1.40. The first-order valence-electron chi connectivity index (χ1n) is 23.5. The highest BCUT2D eigenvalue weighted by Gasteiger charge is 2.47. The van der Waals surface area contributed by atoms with Crippen molar-refractivity contribution in [3.63, 3.8) is 0 Å². The fraction of sp³-hybridized carbons (Fsp3) is 0.462. The van der Waals surface area contributed by atoms with Crippen LogP contribution in [0.5, 0.6) is 0 Å². The highest BCUT2D eigenvalue weighted by Crippen LogP contribution is 2.50. The number of H-pyrrole nitrogens is 2. The van der Waals surface area contributed by atoms with E-state index in [-0.39, 0.29) is 51.4 Å². The smallest absolute Gasteiger partial charge is 0.309 e. The average Bonchev–Trinajstić information content (AvgIpc) is 4.13. The van der Waals surface area contributed by atoms with Crippen LogP contribution < -0.4 is 0 Å². The predicted octanol–water partition coefficient (Wildman–Crippen LogP) is 4.23. The normalized spacial score (nSPS) is 24.0. The van der Waals surface area contributed by atoms with Crippen molar-refractivity contribution in [1.82, 2.24) is 19.9 Å². The van der Waals surface area contributed by atoms with Crippen LogP contribution >= 0.6 is 0 Å². The molecule has 72 heavy (non-hydrogen) atoms. The first-order valence-corrected chi connectivity index (χ1v) is 23.5. The average molecular weight is 991 g/mol. The number of hydrogen-bond acceptors (Lipinski definition) is 18. The van der Waals surface area contributed by atoms with Crippen LogP contribution in [0, 0.1) is 47.3 Å². The molecule has 20 heteroatoms. The molecule has 3 aromatic heterocycles. The number of methoxy groups -OCH3 is 8. The molecule has 0 spiro atoms. The summed E-state index contributed by atoms with van der Waals surface area (Å²) in [4.78, 5) is 125. The van der Waals surface area contributed by atoms with Crippen molar-refractivity contribution in [2.75, 3.05) is 56.9 Å². The van der Waals surface area contributed by atoms with Gasteiger partial charge in [0.25, 0.3) is 0 Å². The Hall–Kier alpha value is -7.64. The van der Waals surface area contributed by atoms with Crippen LogP contribution in [0.4, 0.5) is 0 Å². The number of ether oxygens (including phenoxy) is 8. The van der Waals surface area contributed by atoms with Crippen molar-refractivity contribution in [1.29, 1.82) is 0 Å². The van der Waals surface area contributed by atoms with E-state index in [1.54, 1.807) is 6.07 Å². The minimum absolute atomic E-state index is 0.0314. The first-order chi connectivity index (χ1) is 34.6. The number of fused-ring (bicyclic) bond motifs is 18. The maximum absolute atomic E-state index is 13.5. The molecule has 0 fully saturated rings. The fourth-order valence-electron chi connectivity index (χ4n) is 11.8. The molecule has 5 heterocycles. The molecule has 2 aliphatic heterocycles. The second kappa shape index (κ2) is 19.5. The van der Waals surface area contributed by atoms with E-state index in [9.17, 15) is 38.4 Å². The molecule has 0 amide bonds. The van der Waals surface area contributed by atoms with Crippen LogP contribution in [0.25, 0.3) is 44.4 Å². The topological polar surface area (TPSA) is 268 Å². The summed E-state index contributed by atoms with van der Waals surface area (Å²) in [6.07, 6.45) is 0.371. The Morgan fingerprint density at radius 3 is 0.736 bits per heavy atom. The molecule has 20 nitrogen and oxygen atoms in total. The monoisotopic (exact) mass is 990 g/mol. The highest BCUT2D eigenvalue weighted by molar-refractivity contribution is 6.02. The fourth-order valence-corrected chi connectivity index (χ4v) is 11.8. The van der Waals surface area contributed by atoms with Crippen LogP contribution in [0.2, 0.25) is 0 Å². The minimum atomic E-state index is -0.945. The molecule has 0 saturated heterocycles. The summed E-state index contributed by atoms with van der Waals surface area (Å²) in [5.74, 6) is -12.4.